The van der Waals surface area contributed by atoms with Gasteiger partial charge in [-0.05, 0) is 62.4 Å². The first-order chi connectivity index (χ1) is 14.0. The van der Waals surface area contributed by atoms with Crippen LogP contribution in [0.25, 0.3) is 0 Å². The van der Waals surface area contributed by atoms with Gasteiger partial charge in [0.25, 0.3) is 0 Å². The van der Waals surface area contributed by atoms with Crippen LogP contribution < -0.4 is 4.74 Å². The van der Waals surface area contributed by atoms with E-state index < -0.39 is 0 Å². The van der Waals surface area contributed by atoms with E-state index in [1.54, 1.807) is 12.0 Å². The molecule has 1 aromatic carbocycles. The van der Waals surface area contributed by atoms with Crippen LogP contribution >= 0.6 is 0 Å². The molecule has 1 unspecified atom stereocenters. The maximum atomic E-state index is 12.8. The summed E-state index contributed by atoms with van der Waals surface area (Å²) in [5, 5.41) is 0. The first-order valence-electron chi connectivity index (χ1n) is 10.8. The maximum Gasteiger partial charge on any atom is 0.236 e. The van der Waals surface area contributed by atoms with Crippen molar-refractivity contribution in [3.05, 3.63) is 29.8 Å². The summed E-state index contributed by atoms with van der Waals surface area (Å²) in [5.41, 5.74) is 1.08. The minimum atomic E-state index is 0.121. The van der Waals surface area contributed by atoms with Crippen molar-refractivity contribution in [2.24, 2.45) is 11.8 Å². The molecule has 6 heteroatoms. The van der Waals surface area contributed by atoms with Crippen molar-refractivity contribution in [1.82, 2.24) is 14.7 Å². The number of piperidine rings is 2. The smallest absolute Gasteiger partial charge is 0.236 e. The van der Waals surface area contributed by atoms with E-state index in [1.807, 2.05) is 31.3 Å². The molecule has 2 aliphatic heterocycles. The van der Waals surface area contributed by atoms with Gasteiger partial charge in [-0.25, -0.2) is 0 Å². The quantitative estimate of drug-likeness (QED) is 0.735. The lowest BCUT2D eigenvalue weighted by atomic mass is 9.93. The van der Waals surface area contributed by atoms with E-state index in [1.165, 1.54) is 6.42 Å². The Kier molecular flexibility index (Phi) is 7.53. The minimum Gasteiger partial charge on any atom is -0.497 e. The average Bonchev–Trinajstić information content (AvgIpc) is 2.74. The van der Waals surface area contributed by atoms with E-state index in [0.29, 0.717) is 24.9 Å². The van der Waals surface area contributed by atoms with Gasteiger partial charge in [-0.15, -0.1) is 0 Å². The molecule has 2 amide bonds. The minimum absolute atomic E-state index is 0.121. The SMILES string of the molecule is COc1ccc(CN(C)C(=O)CN2CCC(C(=O)N3CCCC(C)C3)CC2)cc1. The Hall–Kier alpha value is -2.08. The third-order valence-corrected chi connectivity index (χ3v) is 6.27. The Labute approximate surface area is 174 Å². The second-order valence-corrected chi connectivity index (χ2v) is 8.68. The molecule has 0 radical (unpaired) electrons. The van der Waals surface area contributed by atoms with E-state index in [4.69, 9.17) is 4.74 Å². The fourth-order valence-electron chi connectivity index (χ4n) is 4.39. The number of nitrogens with zero attached hydrogens (tertiary/aromatic N) is 3. The molecule has 0 spiro atoms. The van der Waals surface area contributed by atoms with Gasteiger partial charge in [0.2, 0.25) is 11.8 Å². The highest BCUT2D eigenvalue weighted by Gasteiger charge is 2.31. The van der Waals surface area contributed by atoms with E-state index in [9.17, 15) is 9.59 Å². The van der Waals surface area contributed by atoms with Crippen LogP contribution in [-0.4, -0.2) is 73.4 Å². The van der Waals surface area contributed by atoms with Crippen molar-refractivity contribution in [2.45, 2.75) is 39.2 Å². The Balaban J connectivity index is 1.42. The summed E-state index contributed by atoms with van der Waals surface area (Å²) in [5.74, 6) is 2.02. The molecule has 2 aliphatic rings. The lowest BCUT2D eigenvalue weighted by Crippen LogP contribution is -2.47. The number of carbonyl (C=O) groups is 2. The van der Waals surface area contributed by atoms with Crippen LogP contribution in [0.5, 0.6) is 5.75 Å². The molecular formula is C23H35N3O3. The fraction of sp³-hybridized carbons (Fsp3) is 0.652. The summed E-state index contributed by atoms with van der Waals surface area (Å²) in [6.45, 7) is 6.71. The second-order valence-electron chi connectivity index (χ2n) is 8.68. The standard InChI is InChI=1S/C23H35N3O3/c1-18-5-4-12-26(15-18)23(28)20-10-13-25(14-11-20)17-22(27)24(2)16-19-6-8-21(29-3)9-7-19/h6-9,18,20H,4-5,10-17H2,1-3H3. The lowest BCUT2D eigenvalue weighted by molar-refractivity contribution is -0.139. The van der Waals surface area contributed by atoms with Crippen molar-refractivity contribution in [3.8, 4) is 5.75 Å². The van der Waals surface area contributed by atoms with Crippen molar-refractivity contribution >= 4 is 11.8 Å². The predicted octanol–water partition coefficient (Wildman–Crippen LogP) is 2.62. The average molecular weight is 402 g/mol. The van der Waals surface area contributed by atoms with Crippen LogP contribution in [0, 0.1) is 11.8 Å². The number of benzene rings is 1. The van der Waals surface area contributed by atoms with Crippen LogP contribution in [0.3, 0.4) is 0 Å². The Morgan fingerprint density at radius 3 is 2.41 bits per heavy atom. The number of amides is 2. The molecule has 0 aliphatic carbocycles. The van der Waals surface area contributed by atoms with Crippen LogP contribution in [0.4, 0.5) is 0 Å². The van der Waals surface area contributed by atoms with Gasteiger partial charge in [0, 0.05) is 32.6 Å². The highest BCUT2D eigenvalue weighted by Crippen LogP contribution is 2.23. The van der Waals surface area contributed by atoms with Crippen molar-refractivity contribution in [3.63, 3.8) is 0 Å². The first kappa shape index (κ1) is 21.6. The molecule has 29 heavy (non-hydrogen) atoms. The highest BCUT2D eigenvalue weighted by molar-refractivity contribution is 5.79. The molecule has 0 saturated carbocycles. The normalized spacial score (nSPS) is 21.1. The van der Waals surface area contributed by atoms with E-state index in [2.05, 4.69) is 16.7 Å². The molecule has 0 aromatic heterocycles. The number of likely N-dealkylation sites (N-methyl/N-ethyl adjacent to an activating group) is 1. The summed E-state index contributed by atoms with van der Waals surface area (Å²) in [4.78, 5) is 31.5. The zero-order chi connectivity index (χ0) is 20.8. The van der Waals surface area contributed by atoms with Gasteiger partial charge in [0.05, 0.1) is 13.7 Å². The molecule has 6 nitrogen and oxygen atoms in total. The lowest BCUT2D eigenvalue weighted by Gasteiger charge is -2.37. The molecule has 2 fully saturated rings. The van der Waals surface area contributed by atoms with Crippen LogP contribution in [0.1, 0.15) is 38.2 Å². The molecule has 0 N–H and O–H groups in total. The fourth-order valence-corrected chi connectivity index (χ4v) is 4.39. The number of rotatable bonds is 6. The first-order valence-corrected chi connectivity index (χ1v) is 10.8. The Morgan fingerprint density at radius 2 is 1.79 bits per heavy atom. The van der Waals surface area contributed by atoms with E-state index in [0.717, 1.165) is 56.8 Å². The van der Waals surface area contributed by atoms with Gasteiger partial charge < -0.3 is 14.5 Å². The van der Waals surface area contributed by atoms with Gasteiger partial charge in [0.1, 0.15) is 5.75 Å². The second kappa shape index (κ2) is 10.1. The molecular weight excluding hydrogens is 366 g/mol. The number of hydrogen-bond donors (Lipinski definition) is 0. The van der Waals surface area contributed by atoms with Crippen molar-refractivity contribution in [2.75, 3.05) is 46.9 Å². The predicted molar refractivity (Wildman–Crippen MR) is 114 cm³/mol. The molecule has 0 bridgehead atoms. The number of hydrogen-bond acceptors (Lipinski definition) is 4. The molecule has 1 atom stereocenters. The zero-order valence-corrected chi connectivity index (χ0v) is 18.1. The molecule has 3 rings (SSSR count). The van der Waals surface area contributed by atoms with Crippen LogP contribution in [0.2, 0.25) is 0 Å². The largest absolute Gasteiger partial charge is 0.497 e. The number of ether oxygens (including phenoxy) is 1. The molecule has 160 valence electrons. The molecule has 1 aromatic rings. The summed E-state index contributed by atoms with van der Waals surface area (Å²) in [7, 11) is 3.49. The van der Waals surface area contributed by atoms with Gasteiger partial charge in [-0.2, -0.15) is 0 Å². The van der Waals surface area contributed by atoms with Crippen LogP contribution in [0.15, 0.2) is 24.3 Å². The third kappa shape index (κ3) is 5.95. The zero-order valence-electron chi connectivity index (χ0n) is 18.1. The molecule has 2 saturated heterocycles. The van der Waals surface area contributed by atoms with E-state index >= 15 is 0 Å². The summed E-state index contributed by atoms with van der Waals surface area (Å²) in [6.07, 6.45) is 4.08. The van der Waals surface area contributed by atoms with Gasteiger partial charge in [-0.3, -0.25) is 14.5 Å². The van der Waals surface area contributed by atoms with Gasteiger partial charge in [-0.1, -0.05) is 19.1 Å². The maximum absolute atomic E-state index is 12.8. The molecule has 2 heterocycles. The van der Waals surface area contributed by atoms with E-state index in [-0.39, 0.29) is 11.8 Å². The topological polar surface area (TPSA) is 53.1 Å². The van der Waals surface area contributed by atoms with Crippen molar-refractivity contribution < 1.29 is 14.3 Å². The highest BCUT2D eigenvalue weighted by atomic mass is 16.5. The number of likely N-dealkylation sites (tertiary alicyclic amines) is 2. The van der Waals surface area contributed by atoms with Gasteiger partial charge >= 0.3 is 0 Å². The number of methoxy groups -OCH3 is 1. The monoisotopic (exact) mass is 401 g/mol. The number of carbonyl (C=O) groups excluding carboxylic acids is 2. The van der Waals surface area contributed by atoms with Gasteiger partial charge in [0.15, 0.2) is 0 Å². The summed E-state index contributed by atoms with van der Waals surface area (Å²) in [6, 6.07) is 7.80. The van der Waals surface area contributed by atoms with Crippen LogP contribution in [-0.2, 0) is 16.1 Å². The van der Waals surface area contributed by atoms with Crippen molar-refractivity contribution in [1.29, 1.82) is 0 Å². The third-order valence-electron chi connectivity index (χ3n) is 6.27. The Bertz CT molecular complexity index is 683. The Morgan fingerprint density at radius 1 is 1.10 bits per heavy atom. The summed E-state index contributed by atoms with van der Waals surface area (Å²) >= 11 is 0. The summed E-state index contributed by atoms with van der Waals surface area (Å²) < 4.78 is 5.18.